The summed E-state index contributed by atoms with van der Waals surface area (Å²) >= 11 is 1.19. The number of carbonyl (C=O) groups is 1. The fraction of sp³-hybridized carbons (Fsp3) is 0.312. The first-order valence-electron chi connectivity index (χ1n) is 7.14. The van der Waals surface area contributed by atoms with Crippen LogP contribution in [0.25, 0.3) is 10.1 Å². The maximum atomic E-state index is 12.2. The lowest BCUT2D eigenvalue weighted by Crippen LogP contribution is -2.16. The molecule has 0 atom stereocenters. The van der Waals surface area contributed by atoms with Gasteiger partial charge >= 0.3 is 5.97 Å². The third kappa shape index (κ3) is 3.97. The largest absolute Gasteiger partial charge is 0.462 e. The van der Waals surface area contributed by atoms with Gasteiger partial charge in [-0.15, -0.1) is 16.9 Å². The predicted octanol–water partition coefficient (Wildman–Crippen LogP) is 4.22. The molecule has 0 spiro atoms. The molecule has 0 aliphatic heterocycles. The maximum Gasteiger partial charge on any atom is 0.349 e. The van der Waals surface area contributed by atoms with Crippen LogP contribution in [-0.2, 0) is 4.74 Å². The van der Waals surface area contributed by atoms with E-state index in [1.807, 2.05) is 0 Å². The Morgan fingerprint density at radius 1 is 1.39 bits per heavy atom. The highest BCUT2D eigenvalue weighted by Crippen LogP contribution is 2.34. The first-order valence-corrected chi connectivity index (χ1v) is 11.5. The SMILES string of the molecule is CCOC(=O)c1sc2cc([N+](=O)[O-])ccc2c1C#C[Si](C)(C)C. The smallest absolute Gasteiger partial charge is 0.349 e. The van der Waals surface area contributed by atoms with Crippen molar-refractivity contribution in [2.75, 3.05) is 6.61 Å². The molecule has 0 bridgehead atoms. The van der Waals surface area contributed by atoms with Crippen molar-refractivity contribution in [3.05, 3.63) is 38.8 Å². The normalized spacial score (nSPS) is 11.0. The molecule has 0 saturated carbocycles. The fourth-order valence-corrected chi connectivity index (χ4v) is 3.50. The Labute approximate surface area is 139 Å². The first-order chi connectivity index (χ1) is 10.7. The molecule has 1 aromatic heterocycles. The molecule has 1 heterocycles. The summed E-state index contributed by atoms with van der Waals surface area (Å²) < 4.78 is 5.76. The zero-order valence-electron chi connectivity index (χ0n) is 13.4. The Kier molecular flexibility index (Phi) is 4.87. The van der Waals surface area contributed by atoms with E-state index in [9.17, 15) is 14.9 Å². The summed E-state index contributed by atoms with van der Waals surface area (Å²) in [4.78, 5) is 23.1. The highest BCUT2D eigenvalue weighted by Gasteiger charge is 2.20. The molecule has 1 aromatic carbocycles. The van der Waals surface area contributed by atoms with E-state index in [1.165, 1.54) is 23.5 Å². The molecule has 2 aromatic rings. The standard InChI is InChI=1S/C16H17NO4SSi/c1-5-21-16(18)15-13(8-9-23(2,3)4)12-7-6-11(17(19)20)10-14(12)22-15/h6-7,10H,5H2,1-4H3. The number of benzene rings is 1. The van der Waals surface area contributed by atoms with E-state index in [2.05, 4.69) is 31.1 Å². The van der Waals surface area contributed by atoms with E-state index in [-0.39, 0.29) is 12.3 Å². The summed E-state index contributed by atoms with van der Waals surface area (Å²) in [6.45, 7) is 8.36. The van der Waals surface area contributed by atoms with Crippen LogP contribution in [-0.4, -0.2) is 25.6 Å². The van der Waals surface area contributed by atoms with Gasteiger partial charge in [-0.2, -0.15) is 0 Å². The van der Waals surface area contributed by atoms with Crippen LogP contribution in [0.3, 0.4) is 0 Å². The van der Waals surface area contributed by atoms with Gasteiger partial charge in [0.1, 0.15) is 13.0 Å². The number of nitro benzene ring substituents is 1. The summed E-state index contributed by atoms with van der Waals surface area (Å²) in [5.74, 6) is 2.68. The molecule has 0 N–H and O–H groups in total. The van der Waals surface area contributed by atoms with Crippen LogP contribution in [0.5, 0.6) is 0 Å². The fourth-order valence-electron chi connectivity index (χ4n) is 1.91. The minimum Gasteiger partial charge on any atom is -0.462 e. The van der Waals surface area contributed by atoms with Gasteiger partial charge in [-0.3, -0.25) is 10.1 Å². The molecule has 0 saturated heterocycles. The lowest BCUT2D eigenvalue weighted by atomic mass is 10.1. The van der Waals surface area contributed by atoms with Crippen molar-refractivity contribution in [2.24, 2.45) is 0 Å². The molecule has 5 nitrogen and oxygen atoms in total. The number of rotatable bonds is 3. The van der Waals surface area contributed by atoms with E-state index in [0.717, 1.165) is 5.39 Å². The lowest BCUT2D eigenvalue weighted by molar-refractivity contribution is -0.384. The Bertz CT molecular complexity index is 839. The van der Waals surface area contributed by atoms with E-state index < -0.39 is 19.0 Å². The molecule has 120 valence electrons. The summed E-state index contributed by atoms with van der Waals surface area (Å²) in [5.41, 5.74) is 3.86. The number of fused-ring (bicyclic) bond motifs is 1. The molecule has 0 unspecified atom stereocenters. The highest BCUT2D eigenvalue weighted by molar-refractivity contribution is 7.21. The van der Waals surface area contributed by atoms with Crippen molar-refractivity contribution in [3.8, 4) is 11.5 Å². The van der Waals surface area contributed by atoms with Crippen LogP contribution >= 0.6 is 11.3 Å². The molecule has 0 amide bonds. The van der Waals surface area contributed by atoms with E-state index >= 15 is 0 Å². The zero-order chi connectivity index (χ0) is 17.2. The van der Waals surface area contributed by atoms with Gasteiger partial charge in [0.25, 0.3) is 5.69 Å². The Hall–Kier alpha value is -2.17. The highest BCUT2D eigenvalue weighted by atomic mass is 32.1. The van der Waals surface area contributed by atoms with Crippen LogP contribution < -0.4 is 0 Å². The topological polar surface area (TPSA) is 69.4 Å². The summed E-state index contributed by atoms with van der Waals surface area (Å²) in [7, 11) is -1.62. The van der Waals surface area contributed by atoms with E-state index in [0.29, 0.717) is 15.1 Å². The predicted molar refractivity (Wildman–Crippen MR) is 94.7 cm³/mol. The van der Waals surface area contributed by atoms with Gasteiger partial charge in [0.15, 0.2) is 0 Å². The average molecular weight is 347 g/mol. The van der Waals surface area contributed by atoms with Gasteiger partial charge in [-0.05, 0) is 13.0 Å². The second kappa shape index (κ2) is 6.52. The van der Waals surface area contributed by atoms with Gasteiger partial charge < -0.3 is 4.74 Å². The number of nitro groups is 1. The van der Waals surface area contributed by atoms with Crippen molar-refractivity contribution in [3.63, 3.8) is 0 Å². The molecule has 7 heteroatoms. The average Bonchev–Trinajstić information content (AvgIpc) is 2.82. The molecule has 0 aliphatic rings. The summed E-state index contributed by atoms with van der Waals surface area (Å²) in [6, 6.07) is 4.56. The van der Waals surface area contributed by atoms with Crippen LogP contribution in [0.15, 0.2) is 18.2 Å². The third-order valence-corrected chi connectivity index (χ3v) is 4.92. The number of hydrogen-bond donors (Lipinski definition) is 0. The van der Waals surface area contributed by atoms with Crippen molar-refractivity contribution in [1.82, 2.24) is 0 Å². The number of hydrogen-bond acceptors (Lipinski definition) is 5. The number of esters is 1. The van der Waals surface area contributed by atoms with Crippen LogP contribution in [0.1, 0.15) is 22.2 Å². The number of thiophene rings is 1. The first kappa shape index (κ1) is 17.2. The van der Waals surface area contributed by atoms with Crippen LogP contribution in [0.4, 0.5) is 5.69 Å². The molecular formula is C16H17NO4SSi. The van der Waals surface area contributed by atoms with Crippen LogP contribution in [0, 0.1) is 21.6 Å². The second-order valence-corrected chi connectivity index (χ2v) is 11.8. The Morgan fingerprint density at radius 3 is 2.65 bits per heavy atom. The monoisotopic (exact) mass is 347 g/mol. The Balaban J connectivity index is 2.68. The second-order valence-electron chi connectivity index (χ2n) is 5.96. The third-order valence-electron chi connectivity index (χ3n) is 2.91. The number of ether oxygens (including phenoxy) is 1. The van der Waals surface area contributed by atoms with E-state index in [1.54, 1.807) is 13.0 Å². The Morgan fingerprint density at radius 2 is 2.09 bits per heavy atom. The number of non-ortho nitro benzene ring substituents is 1. The minimum atomic E-state index is -1.62. The maximum absolute atomic E-state index is 12.2. The van der Waals surface area contributed by atoms with Gasteiger partial charge in [0.2, 0.25) is 0 Å². The van der Waals surface area contributed by atoms with Crippen molar-refractivity contribution in [2.45, 2.75) is 26.6 Å². The lowest BCUT2D eigenvalue weighted by Gasteiger charge is -2.04. The summed E-state index contributed by atoms with van der Waals surface area (Å²) in [5, 5.41) is 11.7. The van der Waals surface area contributed by atoms with Crippen molar-refractivity contribution < 1.29 is 14.5 Å². The molecule has 2 rings (SSSR count). The zero-order valence-corrected chi connectivity index (χ0v) is 15.2. The van der Waals surface area contributed by atoms with Gasteiger partial charge in [-0.25, -0.2) is 4.79 Å². The quantitative estimate of drug-likeness (QED) is 0.274. The van der Waals surface area contributed by atoms with Gasteiger partial charge in [0, 0.05) is 22.2 Å². The minimum absolute atomic E-state index is 0.00105. The molecule has 0 radical (unpaired) electrons. The summed E-state index contributed by atoms with van der Waals surface area (Å²) in [6.07, 6.45) is 0. The molecule has 23 heavy (non-hydrogen) atoms. The van der Waals surface area contributed by atoms with Gasteiger partial charge in [-0.1, -0.05) is 25.6 Å². The number of nitrogens with zero attached hydrogens (tertiary/aromatic N) is 1. The molecular weight excluding hydrogens is 330 g/mol. The molecule has 0 aliphatic carbocycles. The number of carbonyl (C=O) groups excluding carboxylic acids is 1. The van der Waals surface area contributed by atoms with Crippen molar-refractivity contribution in [1.29, 1.82) is 0 Å². The van der Waals surface area contributed by atoms with Crippen molar-refractivity contribution >= 4 is 41.2 Å². The van der Waals surface area contributed by atoms with E-state index in [4.69, 9.17) is 4.74 Å². The van der Waals surface area contributed by atoms with Crippen LogP contribution in [0.2, 0.25) is 19.6 Å². The van der Waals surface area contributed by atoms with Gasteiger partial charge in [0.05, 0.1) is 17.1 Å². The molecule has 0 fully saturated rings.